The molecule has 1 aromatic heterocycles. The second-order valence-electron chi connectivity index (χ2n) is 6.54. The van der Waals surface area contributed by atoms with Crippen molar-refractivity contribution in [2.24, 2.45) is 5.92 Å². The normalized spacial score (nSPS) is 19.1. The summed E-state index contributed by atoms with van der Waals surface area (Å²) in [6, 6.07) is 12.0. The fourth-order valence-electron chi connectivity index (χ4n) is 3.38. The number of hydrogen-bond donors (Lipinski definition) is 1. The van der Waals surface area contributed by atoms with E-state index in [1.807, 2.05) is 29.2 Å². The lowest BCUT2D eigenvalue weighted by molar-refractivity contribution is 0.0762. The number of aliphatic hydroxyl groups excluding tert-OH is 1. The molecule has 4 nitrogen and oxygen atoms in total. The lowest BCUT2D eigenvalue weighted by Crippen LogP contribution is -2.30. The molecule has 0 radical (unpaired) electrons. The Balaban J connectivity index is 1.76. The van der Waals surface area contributed by atoms with Gasteiger partial charge in [0.15, 0.2) is 0 Å². The van der Waals surface area contributed by atoms with E-state index < -0.39 is 0 Å². The molecule has 0 saturated carbocycles. The Morgan fingerprint density at radius 3 is 2.26 bits per heavy atom. The van der Waals surface area contributed by atoms with Crippen molar-refractivity contribution in [1.82, 2.24) is 9.47 Å². The minimum absolute atomic E-state index is 0.0562. The number of carbonyl (C=O) groups is 1. The molecule has 0 aliphatic carbocycles. The zero-order valence-electron chi connectivity index (χ0n) is 14.0. The van der Waals surface area contributed by atoms with Crippen molar-refractivity contribution in [2.75, 3.05) is 13.1 Å². The molecule has 1 aliphatic heterocycles. The summed E-state index contributed by atoms with van der Waals surface area (Å²) in [4.78, 5) is 14.4. The summed E-state index contributed by atoms with van der Waals surface area (Å²) in [6.45, 7) is 7.33. The zero-order chi connectivity index (χ0) is 16.6. The number of nitrogens with zero attached hydrogens (tertiary/aromatic N) is 2. The summed E-state index contributed by atoms with van der Waals surface area (Å²) in [7, 11) is 0. The molecule has 2 atom stereocenters. The monoisotopic (exact) mass is 312 g/mol. The van der Waals surface area contributed by atoms with Crippen LogP contribution in [-0.4, -0.2) is 39.7 Å². The van der Waals surface area contributed by atoms with Crippen LogP contribution in [0, 0.1) is 19.8 Å². The quantitative estimate of drug-likeness (QED) is 0.947. The van der Waals surface area contributed by atoms with Crippen molar-refractivity contribution in [3.63, 3.8) is 0 Å². The van der Waals surface area contributed by atoms with Crippen LogP contribution in [0.25, 0.3) is 5.69 Å². The van der Waals surface area contributed by atoms with E-state index in [4.69, 9.17) is 0 Å². The molecule has 1 N–H and O–H groups in total. The van der Waals surface area contributed by atoms with Gasteiger partial charge < -0.3 is 14.6 Å². The Labute approximate surface area is 137 Å². The highest BCUT2D eigenvalue weighted by molar-refractivity contribution is 5.94. The summed E-state index contributed by atoms with van der Waals surface area (Å²) in [5.41, 5.74) is 4.15. The molecule has 2 unspecified atom stereocenters. The molecular formula is C19H24N2O2. The first kappa shape index (κ1) is 15.8. The van der Waals surface area contributed by atoms with Crippen molar-refractivity contribution in [3.05, 3.63) is 53.3 Å². The Morgan fingerprint density at radius 1 is 1.13 bits per heavy atom. The fourth-order valence-corrected chi connectivity index (χ4v) is 3.38. The van der Waals surface area contributed by atoms with E-state index in [2.05, 4.69) is 30.5 Å². The van der Waals surface area contributed by atoms with Gasteiger partial charge in [-0.3, -0.25) is 4.79 Å². The Morgan fingerprint density at radius 2 is 1.74 bits per heavy atom. The first-order valence-corrected chi connectivity index (χ1v) is 8.20. The van der Waals surface area contributed by atoms with Crippen LogP contribution in [0.5, 0.6) is 0 Å². The Kier molecular flexibility index (Phi) is 4.26. The highest BCUT2D eigenvalue weighted by Gasteiger charge is 2.29. The van der Waals surface area contributed by atoms with E-state index >= 15 is 0 Å². The molecule has 1 saturated heterocycles. The van der Waals surface area contributed by atoms with Gasteiger partial charge in [-0.1, -0.05) is 0 Å². The van der Waals surface area contributed by atoms with Gasteiger partial charge >= 0.3 is 0 Å². The van der Waals surface area contributed by atoms with Crippen molar-refractivity contribution in [1.29, 1.82) is 0 Å². The number of carbonyl (C=O) groups excluding carboxylic acids is 1. The highest BCUT2D eigenvalue weighted by atomic mass is 16.3. The molecule has 1 aromatic carbocycles. The number of aromatic nitrogens is 1. The summed E-state index contributed by atoms with van der Waals surface area (Å²) in [5, 5.41) is 9.68. The van der Waals surface area contributed by atoms with Crippen LogP contribution < -0.4 is 0 Å². The predicted molar refractivity (Wildman–Crippen MR) is 90.9 cm³/mol. The first-order chi connectivity index (χ1) is 11.0. The third-order valence-electron chi connectivity index (χ3n) is 4.84. The molecule has 23 heavy (non-hydrogen) atoms. The number of aliphatic hydroxyl groups is 1. The zero-order valence-corrected chi connectivity index (χ0v) is 14.0. The van der Waals surface area contributed by atoms with Gasteiger partial charge in [0.05, 0.1) is 6.10 Å². The molecule has 122 valence electrons. The number of amides is 1. The summed E-state index contributed by atoms with van der Waals surface area (Å²) in [5.74, 6) is 0.254. The average molecular weight is 312 g/mol. The maximum Gasteiger partial charge on any atom is 0.253 e. The standard InChI is InChI=1S/C19H24N2O2/c1-13-4-5-14(2)21(13)18-8-6-16(7-9-18)19(23)20-11-10-17(12-20)15(3)22/h4-9,15,17,22H,10-12H2,1-3H3. The van der Waals surface area contributed by atoms with Crippen molar-refractivity contribution >= 4 is 5.91 Å². The smallest absolute Gasteiger partial charge is 0.253 e. The SMILES string of the molecule is Cc1ccc(C)n1-c1ccc(C(=O)N2CCC(C(C)O)C2)cc1. The van der Waals surface area contributed by atoms with Crippen LogP contribution in [0.3, 0.4) is 0 Å². The number of aryl methyl sites for hydroxylation is 2. The lowest BCUT2D eigenvalue weighted by Gasteiger charge is -2.18. The van der Waals surface area contributed by atoms with Crippen LogP contribution in [-0.2, 0) is 0 Å². The van der Waals surface area contributed by atoms with E-state index in [1.54, 1.807) is 6.92 Å². The van der Waals surface area contributed by atoms with Crippen molar-refractivity contribution < 1.29 is 9.90 Å². The predicted octanol–water partition coefficient (Wildman–Crippen LogP) is 2.94. The van der Waals surface area contributed by atoms with Crippen LogP contribution in [0.15, 0.2) is 36.4 Å². The van der Waals surface area contributed by atoms with E-state index in [0.717, 1.165) is 18.7 Å². The maximum atomic E-state index is 12.6. The molecule has 1 amide bonds. The number of rotatable bonds is 3. The minimum Gasteiger partial charge on any atom is -0.393 e. The molecule has 1 fully saturated rings. The molecule has 4 heteroatoms. The molecular weight excluding hydrogens is 288 g/mol. The van der Waals surface area contributed by atoms with Crippen LogP contribution >= 0.6 is 0 Å². The van der Waals surface area contributed by atoms with Gasteiger partial charge in [-0.25, -0.2) is 0 Å². The summed E-state index contributed by atoms with van der Waals surface area (Å²) >= 11 is 0. The van der Waals surface area contributed by atoms with E-state index in [9.17, 15) is 9.90 Å². The van der Waals surface area contributed by atoms with E-state index in [-0.39, 0.29) is 17.9 Å². The Bertz CT molecular complexity index is 681. The fraction of sp³-hybridized carbons (Fsp3) is 0.421. The topological polar surface area (TPSA) is 45.5 Å². The third kappa shape index (κ3) is 3.04. The van der Waals surface area contributed by atoms with Gasteiger partial charge in [0.2, 0.25) is 0 Å². The van der Waals surface area contributed by atoms with Gasteiger partial charge in [-0.2, -0.15) is 0 Å². The van der Waals surface area contributed by atoms with E-state index in [1.165, 1.54) is 11.4 Å². The van der Waals surface area contributed by atoms with Gasteiger partial charge in [0.25, 0.3) is 5.91 Å². The van der Waals surface area contributed by atoms with Crippen LogP contribution in [0.4, 0.5) is 0 Å². The molecule has 0 spiro atoms. The van der Waals surface area contributed by atoms with Crippen LogP contribution in [0.1, 0.15) is 35.1 Å². The van der Waals surface area contributed by atoms with E-state index in [0.29, 0.717) is 12.1 Å². The van der Waals surface area contributed by atoms with Crippen molar-refractivity contribution in [3.8, 4) is 5.69 Å². The Hall–Kier alpha value is -2.07. The van der Waals surface area contributed by atoms with Crippen molar-refractivity contribution in [2.45, 2.75) is 33.3 Å². The molecule has 2 aromatic rings. The molecule has 0 bridgehead atoms. The highest BCUT2D eigenvalue weighted by Crippen LogP contribution is 2.22. The number of likely N-dealkylation sites (tertiary alicyclic amines) is 1. The second kappa shape index (κ2) is 6.20. The number of hydrogen-bond acceptors (Lipinski definition) is 2. The third-order valence-corrected chi connectivity index (χ3v) is 4.84. The van der Waals surface area contributed by atoms with Gasteiger partial charge in [-0.05, 0) is 63.6 Å². The van der Waals surface area contributed by atoms with Gasteiger partial charge in [0, 0.05) is 41.6 Å². The minimum atomic E-state index is -0.352. The average Bonchev–Trinajstić information content (AvgIpc) is 3.14. The van der Waals surface area contributed by atoms with Crippen LogP contribution in [0.2, 0.25) is 0 Å². The second-order valence-corrected chi connectivity index (χ2v) is 6.54. The van der Waals surface area contributed by atoms with Gasteiger partial charge in [0.1, 0.15) is 0 Å². The van der Waals surface area contributed by atoms with Gasteiger partial charge in [-0.15, -0.1) is 0 Å². The molecule has 1 aliphatic rings. The lowest BCUT2D eigenvalue weighted by atomic mass is 10.0. The largest absolute Gasteiger partial charge is 0.393 e. The molecule has 3 rings (SSSR count). The number of benzene rings is 1. The summed E-state index contributed by atoms with van der Waals surface area (Å²) in [6.07, 6.45) is 0.526. The molecule has 2 heterocycles. The maximum absolute atomic E-state index is 12.6. The summed E-state index contributed by atoms with van der Waals surface area (Å²) < 4.78 is 2.17. The first-order valence-electron chi connectivity index (χ1n) is 8.20.